The second-order valence-corrected chi connectivity index (χ2v) is 5.09. The molecule has 0 aliphatic carbocycles. The van der Waals surface area contributed by atoms with Crippen molar-refractivity contribution in [2.45, 2.75) is 12.5 Å². The number of likely N-dealkylation sites (N-methyl/N-ethyl adjacent to an activating group) is 1. The van der Waals surface area contributed by atoms with E-state index in [1.54, 1.807) is 6.08 Å². The fraction of sp³-hybridized carbons (Fsp3) is 0.438. The van der Waals surface area contributed by atoms with Gasteiger partial charge < -0.3 is 14.6 Å². The summed E-state index contributed by atoms with van der Waals surface area (Å²) in [6.45, 7) is 3.13. The summed E-state index contributed by atoms with van der Waals surface area (Å²) in [5, 5.41) is 8.56. The lowest BCUT2D eigenvalue weighted by atomic mass is 10.2. The molecule has 1 heterocycles. The Morgan fingerprint density at radius 2 is 2.24 bits per heavy atom. The quantitative estimate of drug-likeness (QED) is 0.777. The molecule has 1 atom stereocenters. The maximum atomic E-state index is 10.4. The van der Waals surface area contributed by atoms with Crippen molar-refractivity contribution in [3.05, 3.63) is 35.9 Å². The van der Waals surface area contributed by atoms with E-state index < -0.39 is 5.97 Å². The molecule has 1 fully saturated rings. The summed E-state index contributed by atoms with van der Waals surface area (Å²) in [6, 6.07) is 7.87. The summed E-state index contributed by atoms with van der Waals surface area (Å²) in [5.41, 5.74) is 0.838. The maximum Gasteiger partial charge on any atom is 0.328 e. The second-order valence-electron chi connectivity index (χ2n) is 5.09. The Morgan fingerprint density at radius 1 is 1.48 bits per heavy atom. The Bertz CT molecular complexity index is 478. The van der Waals surface area contributed by atoms with E-state index in [1.807, 2.05) is 24.3 Å². The number of hydrogen-bond acceptors (Lipinski definition) is 4. The SMILES string of the molecule is CN(CCOc1ccc(/C=C/C(=O)O)cc1)C1CCOC1. The van der Waals surface area contributed by atoms with Gasteiger partial charge >= 0.3 is 5.97 Å². The van der Waals surface area contributed by atoms with E-state index in [9.17, 15) is 4.79 Å². The van der Waals surface area contributed by atoms with Gasteiger partial charge in [0.05, 0.1) is 6.61 Å². The van der Waals surface area contributed by atoms with Gasteiger partial charge in [-0.05, 0) is 37.2 Å². The smallest absolute Gasteiger partial charge is 0.328 e. The van der Waals surface area contributed by atoms with Gasteiger partial charge in [0, 0.05) is 25.3 Å². The number of aliphatic carboxylic acids is 1. The van der Waals surface area contributed by atoms with Crippen LogP contribution in [0.5, 0.6) is 5.75 Å². The summed E-state index contributed by atoms with van der Waals surface area (Å²) in [7, 11) is 2.09. The zero-order valence-electron chi connectivity index (χ0n) is 12.2. The number of nitrogens with zero attached hydrogens (tertiary/aromatic N) is 1. The number of ether oxygens (including phenoxy) is 2. The molecular formula is C16H21NO4. The zero-order valence-corrected chi connectivity index (χ0v) is 12.2. The van der Waals surface area contributed by atoms with E-state index in [0.29, 0.717) is 12.6 Å². The van der Waals surface area contributed by atoms with Crippen molar-refractivity contribution in [3.63, 3.8) is 0 Å². The normalized spacial score (nSPS) is 18.5. The molecule has 1 aliphatic rings. The van der Waals surface area contributed by atoms with Crippen molar-refractivity contribution >= 4 is 12.0 Å². The molecule has 0 bridgehead atoms. The number of hydrogen-bond donors (Lipinski definition) is 1. The molecule has 21 heavy (non-hydrogen) atoms. The monoisotopic (exact) mass is 291 g/mol. The molecule has 0 saturated carbocycles. The summed E-state index contributed by atoms with van der Waals surface area (Å²) in [6.07, 6.45) is 3.76. The van der Waals surface area contributed by atoms with Crippen LogP contribution in [0.4, 0.5) is 0 Å². The number of benzene rings is 1. The molecule has 1 aromatic rings. The molecule has 5 heteroatoms. The first-order valence-corrected chi connectivity index (χ1v) is 7.07. The first-order chi connectivity index (χ1) is 10.1. The fourth-order valence-corrected chi connectivity index (χ4v) is 2.20. The van der Waals surface area contributed by atoms with E-state index >= 15 is 0 Å². The predicted octanol–water partition coefficient (Wildman–Crippen LogP) is 1.88. The lowest BCUT2D eigenvalue weighted by molar-refractivity contribution is -0.131. The largest absolute Gasteiger partial charge is 0.492 e. The van der Waals surface area contributed by atoms with E-state index in [4.69, 9.17) is 14.6 Å². The minimum atomic E-state index is -0.950. The van der Waals surface area contributed by atoms with Crippen LogP contribution in [0, 0.1) is 0 Å². The third kappa shape index (κ3) is 5.21. The minimum Gasteiger partial charge on any atom is -0.492 e. The lowest BCUT2D eigenvalue weighted by Gasteiger charge is -2.22. The van der Waals surface area contributed by atoms with Gasteiger partial charge in [0.25, 0.3) is 0 Å². The van der Waals surface area contributed by atoms with Gasteiger partial charge in [-0.15, -0.1) is 0 Å². The molecule has 5 nitrogen and oxygen atoms in total. The first kappa shape index (κ1) is 15.5. The highest BCUT2D eigenvalue weighted by Gasteiger charge is 2.19. The maximum absolute atomic E-state index is 10.4. The first-order valence-electron chi connectivity index (χ1n) is 7.07. The van der Waals surface area contributed by atoms with Gasteiger partial charge in [0.1, 0.15) is 12.4 Å². The Morgan fingerprint density at radius 3 is 2.86 bits per heavy atom. The van der Waals surface area contributed by atoms with Crippen LogP contribution in [0.2, 0.25) is 0 Å². The molecule has 1 aliphatic heterocycles. The number of carboxylic acids is 1. The van der Waals surface area contributed by atoms with Crippen LogP contribution in [0.3, 0.4) is 0 Å². The molecule has 114 valence electrons. The van der Waals surface area contributed by atoms with Crippen LogP contribution in [-0.2, 0) is 9.53 Å². The van der Waals surface area contributed by atoms with Gasteiger partial charge in [-0.2, -0.15) is 0 Å². The second kappa shape index (κ2) is 7.81. The zero-order chi connectivity index (χ0) is 15.1. The van der Waals surface area contributed by atoms with Gasteiger partial charge in [-0.25, -0.2) is 4.79 Å². The standard InChI is InChI=1S/C16H21NO4/c1-17(14-8-10-20-12-14)9-11-21-15-5-2-13(3-6-15)4-7-16(18)19/h2-7,14H,8-12H2,1H3,(H,18,19)/b7-4+. The predicted molar refractivity (Wildman–Crippen MR) is 80.5 cm³/mol. The van der Waals surface area contributed by atoms with Crippen LogP contribution < -0.4 is 4.74 Å². The van der Waals surface area contributed by atoms with Crippen LogP contribution in [0.1, 0.15) is 12.0 Å². The molecule has 0 spiro atoms. The number of rotatable bonds is 7. The minimum absolute atomic E-state index is 0.497. The van der Waals surface area contributed by atoms with Gasteiger partial charge in [-0.1, -0.05) is 12.1 Å². The summed E-state index contributed by atoms with van der Waals surface area (Å²) in [4.78, 5) is 12.7. The van der Waals surface area contributed by atoms with Crippen molar-refractivity contribution in [1.29, 1.82) is 0 Å². The molecule has 2 rings (SSSR count). The molecule has 1 saturated heterocycles. The highest BCUT2D eigenvalue weighted by Crippen LogP contribution is 2.14. The van der Waals surface area contributed by atoms with E-state index in [1.165, 1.54) is 0 Å². The Kier molecular flexibility index (Phi) is 5.78. The highest BCUT2D eigenvalue weighted by atomic mass is 16.5. The molecular weight excluding hydrogens is 270 g/mol. The van der Waals surface area contributed by atoms with E-state index in [2.05, 4.69) is 11.9 Å². The summed E-state index contributed by atoms with van der Waals surface area (Å²) >= 11 is 0. The Labute approximate surface area is 124 Å². The van der Waals surface area contributed by atoms with Crippen LogP contribution >= 0.6 is 0 Å². The number of carbonyl (C=O) groups is 1. The van der Waals surface area contributed by atoms with E-state index in [0.717, 1.165) is 43.6 Å². The average molecular weight is 291 g/mol. The van der Waals surface area contributed by atoms with Crippen molar-refractivity contribution in [3.8, 4) is 5.75 Å². The summed E-state index contributed by atoms with van der Waals surface area (Å²) < 4.78 is 11.1. The van der Waals surface area contributed by atoms with Crippen molar-refractivity contribution < 1.29 is 19.4 Å². The number of carboxylic acid groups (broad SMARTS) is 1. The van der Waals surface area contributed by atoms with Crippen molar-refractivity contribution in [2.75, 3.05) is 33.4 Å². The van der Waals surface area contributed by atoms with Crippen LogP contribution in [0.15, 0.2) is 30.3 Å². The molecule has 0 amide bonds. The molecule has 1 unspecified atom stereocenters. The van der Waals surface area contributed by atoms with Crippen LogP contribution in [-0.4, -0.2) is 55.4 Å². The van der Waals surface area contributed by atoms with E-state index in [-0.39, 0.29) is 0 Å². The molecule has 1 aromatic carbocycles. The van der Waals surface area contributed by atoms with Gasteiger partial charge in [0.2, 0.25) is 0 Å². The third-order valence-corrected chi connectivity index (χ3v) is 3.54. The Balaban J connectivity index is 1.74. The van der Waals surface area contributed by atoms with Gasteiger partial charge in [0.15, 0.2) is 0 Å². The average Bonchev–Trinajstić information content (AvgIpc) is 3.00. The van der Waals surface area contributed by atoms with Gasteiger partial charge in [-0.3, -0.25) is 4.90 Å². The fourth-order valence-electron chi connectivity index (χ4n) is 2.20. The molecule has 1 N–H and O–H groups in total. The van der Waals surface area contributed by atoms with Crippen molar-refractivity contribution in [2.24, 2.45) is 0 Å². The van der Waals surface area contributed by atoms with Crippen LogP contribution in [0.25, 0.3) is 6.08 Å². The Hall–Kier alpha value is -1.85. The lowest BCUT2D eigenvalue weighted by Crippen LogP contribution is -2.35. The topological polar surface area (TPSA) is 59.0 Å². The van der Waals surface area contributed by atoms with Crippen molar-refractivity contribution in [1.82, 2.24) is 4.90 Å². The summed E-state index contributed by atoms with van der Waals surface area (Å²) in [5.74, 6) is -0.159. The molecule has 0 aromatic heterocycles. The third-order valence-electron chi connectivity index (χ3n) is 3.54. The highest BCUT2D eigenvalue weighted by molar-refractivity contribution is 5.85. The molecule has 0 radical (unpaired) electrons.